The van der Waals surface area contributed by atoms with E-state index in [4.69, 9.17) is 0 Å². The summed E-state index contributed by atoms with van der Waals surface area (Å²) >= 11 is 0. The number of carbonyl (C=O) groups is 1. The van der Waals surface area contributed by atoms with E-state index in [0.29, 0.717) is 11.3 Å². The molecule has 4 rings (SSSR count). The number of benzene rings is 1. The van der Waals surface area contributed by atoms with Crippen LogP contribution >= 0.6 is 0 Å². The van der Waals surface area contributed by atoms with Gasteiger partial charge < -0.3 is 5.32 Å². The van der Waals surface area contributed by atoms with Crippen molar-refractivity contribution in [3.8, 4) is 11.1 Å². The maximum atomic E-state index is 12.8. The summed E-state index contributed by atoms with van der Waals surface area (Å²) in [6, 6.07) is 7.45. The summed E-state index contributed by atoms with van der Waals surface area (Å²) in [7, 11) is 1.84. The van der Waals surface area contributed by atoms with Crippen molar-refractivity contribution in [3.05, 3.63) is 36.7 Å². The molecule has 2 aromatic heterocycles. The minimum Gasteiger partial charge on any atom is -0.308 e. The van der Waals surface area contributed by atoms with E-state index in [1.807, 2.05) is 31.4 Å². The lowest BCUT2D eigenvalue weighted by atomic mass is 9.96. The van der Waals surface area contributed by atoms with Crippen LogP contribution in [-0.2, 0) is 11.8 Å². The molecule has 30 heavy (non-hydrogen) atoms. The van der Waals surface area contributed by atoms with E-state index in [1.165, 1.54) is 0 Å². The number of anilines is 1. The SMILES string of the molecule is Cn1cc(-c2ccc3nnc(NC(=O)CN4CCC(C(F)(F)F)CC4)cc3c2)cn1. The maximum Gasteiger partial charge on any atom is 0.391 e. The summed E-state index contributed by atoms with van der Waals surface area (Å²) in [6.45, 7) is 0.519. The van der Waals surface area contributed by atoms with Gasteiger partial charge in [-0.15, -0.1) is 10.2 Å². The van der Waals surface area contributed by atoms with Crippen LogP contribution in [0.3, 0.4) is 0 Å². The maximum absolute atomic E-state index is 12.8. The number of aryl methyl sites for hydroxylation is 1. The Kier molecular flexibility index (Phi) is 5.42. The zero-order valence-electron chi connectivity index (χ0n) is 16.4. The molecule has 1 amide bonds. The van der Waals surface area contributed by atoms with Crippen molar-refractivity contribution < 1.29 is 18.0 Å². The molecule has 0 atom stereocenters. The average molecular weight is 418 g/mol. The minimum atomic E-state index is -4.16. The Hall–Kier alpha value is -3.01. The Balaban J connectivity index is 1.40. The van der Waals surface area contributed by atoms with E-state index < -0.39 is 12.1 Å². The molecule has 1 N–H and O–H groups in total. The highest BCUT2D eigenvalue weighted by atomic mass is 19.4. The highest BCUT2D eigenvalue weighted by molar-refractivity contribution is 5.93. The Morgan fingerprint density at radius 1 is 1.17 bits per heavy atom. The van der Waals surface area contributed by atoms with Crippen LogP contribution in [0.2, 0.25) is 0 Å². The first-order valence-electron chi connectivity index (χ1n) is 9.63. The zero-order chi connectivity index (χ0) is 21.3. The van der Waals surface area contributed by atoms with Gasteiger partial charge in [-0.3, -0.25) is 14.4 Å². The van der Waals surface area contributed by atoms with Gasteiger partial charge in [0.1, 0.15) is 0 Å². The van der Waals surface area contributed by atoms with Crippen LogP contribution < -0.4 is 5.32 Å². The van der Waals surface area contributed by atoms with Gasteiger partial charge in [0.05, 0.1) is 24.2 Å². The molecule has 0 aliphatic carbocycles. The molecule has 0 saturated carbocycles. The largest absolute Gasteiger partial charge is 0.391 e. The Morgan fingerprint density at radius 2 is 1.93 bits per heavy atom. The molecule has 0 spiro atoms. The zero-order valence-corrected chi connectivity index (χ0v) is 16.4. The van der Waals surface area contributed by atoms with E-state index >= 15 is 0 Å². The fourth-order valence-electron chi connectivity index (χ4n) is 3.66. The molecule has 7 nitrogen and oxygen atoms in total. The molecular formula is C20H21F3N6O. The van der Waals surface area contributed by atoms with Crippen LogP contribution in [0.4, 0.5) is 19.0 Å². The lowest BCUT2D eigenvalue weighted by Gasteiger charge is -2.32. The second-order valence-electron chi connectivity index (χ2n) is 7.55. The van der Waals surface area contributed by atoms with Crippen molar-refractivity contribution in [1.29, 1.82) is 0 Å². The summed E-state index contributed by atoms with van der Waals surface area (Å²) in [5, 5.41) is 15.8. The lowest BCUT2D eigenvalue weighted by molar-refractivity contribution is -0.184. The molecule has 1 fully saturated rings. The first-order chi connectivity index (χ1) is 14.3. The third kappa shape index (κ3) is 4.59. The summed E-state index contributed by atoms with van der Waals surface area (Å²) in [5.74, 6) is -1.30. The fraction of sp³-hybridized carbons (Fsp3) is 0.400. The van der Waals surface area contributed by atoms with Gasteiger partial charge in [-0.05, 0) is 49.7 Å². The number of fused-ring (bicyclic) bond motifs is 1. The van der Waals surface area contributed by atoms with Crippen LogP contribution in [0.5, 0.6) is 0 Å². The fourth-order valence-corrected chi connectivity index (χ4v) is 3.66. The van der Waals surface area contributed by atoms with Crippen LogP contribution in [0, 0.1) is 5.92 Å². The molecule has 158 valence electrons. The molecule has 10 heteroatoms. The number of aromatic nitrogens is 4. The van der Waals surface area contributed by atoms with Gasteiger partial charge in [0, 0.05) is 24.2 Å². The number of amides is 1. The molecule has 1 aromatic carbocycles. The van der Waals surface area contributed by atoms with Crippen molar-refractivity contribution in [1.82, 2.24) is 24.9 Å². The van der Waals surface area contributed by atoms with Gasteiger partial charge >= 0.3 is 6.18 Å². The second kappa shape index (κ2) is 8.02. The number of carbonyl (C=O) groups excluding carboxylic acids is 1. The number of halogens is 3. The topological polar surface area (TPSA) is 75.9 Å². The van der Waals surface area contributed by atoms with Crippen LogP contribution in [0.15, 0.2) is 36.7 Å². The molecule has 0 radical (unpaired) electrons. The number of likely N-dealkylation sites (tertiary alicyclic amines) is 1. The number of rotatable bonds is 4. The number of hydrogen-bond donors (Lipinski definition) is 1. The molecule has 3 heterocycles. The van der Waals surface area contributed by atoms with Crippen molar-refractivity contribution in [3.63, 3.8) is 0 Å². The Labute approximate surface area is 170 Å². The predicted octanol–water partition coefficient (Wildman–Crippen LogP) is 3.24. The molecule has 3 aromatic rings. The molecule has 1 saturated heterocycles. The molecule has 0 unspecified atom stereocenters. The minimum absolute atomic E-state index is 0.0175. The smallest absolute Gasteiger partial charge is 0.308 e. The van der Waals surface area contributed by atoms with Gasteiger partial charge in [-0.1, -0.05) is 6.07 Å². The predicted molar refractivity (Wildman–Crippen MR) is 106 cm³/mol. The molecular weight excluding hydrogens is 397 g/mol. The standard InChI is InChI=1S/C20H21F3N6O/c1-28-11-15(10-24-28)13-2-3-17-14(8-13)9-18(27-26-17)25-19(30)12-29-6-4-16(5-7-29)20(21,22)23/h2-3,8-11,16H,4-7,12H2,1H3,(H,25,27,30). The van der Waals surface area contributed by atoms with Crippen molar-refractivity contribution >= 4 is 22.6 Å². The van der Waals surface area contributed by atoms with Gasteiger partial charge in [-0.25, -0.2) is 0 Å². The van der Waals surface area contributed by atoms with E-state index in [1.54, 1.807) is 21.8 Å². The van der Waals surface area contributed by atoms with Gasteiger partial charge in [0.25, 0.3) is 0 Å². The van der Waals surface area contributed by atoms with Crippen molar-refractivity contribution in [2.24, 2.45) is 13.0 Å². The van der Waals surface area contributed by atoms with Crippen LogP contribution in [0.25, 0.3) is 22.0 Å². The first-order valence-corrected chi connectivity index (χ1v) is 9.63. The number of alkyl halides is 3. The van der Waals surface area contributed by atoms with Crippen LogP contribution in [-0.4, -0.2) is 56.6 Å². The first kappa shape index (κ1) is 20.3. The van der Waals surface area contributed by atoms with E-state index in [9.17, 15) is 18.0 Å². The van der Waals surface area contributed by atoms with E-state index in [0.717, 1.165) is 16.5 Å². The Morgan fingerprint density at radius 3 is 2.60 bits per heavy atom. The van der Waals surface area contributed by atoms with Crippen molar-refractivity contribution in [2.45, 2.75) is 19.0 Å². The normalized spacial score (nSPS) is 16.1. The number of nitrogens with one attached hydrogen (secondary N) is 1. The highest BCUT2D eigenvalue weighted by Crippen LogP contribution is 2.34. The summed E-state index contributed by atoms with van der Waals surface area (Å²) in [5.41, 5.74) is 2.62. The quantitative estimate of drug-likeness (QED) is 0.704. The number of piperidine rings is 1. The molecule has 1 aliphatic heterocycles. The number of nitrogens with zero attached hydrogens (tertiary/aromatic N) is 5. The van der Waals surface area contributed by atoms with Gasteiger partial charge in [-0.2, -0.15) is 18.3 Å². The van der Waals surface area contributed by atoms with E-state index in [-0.39, 0.29) is 38.4 Å². The van der Waals surface area contributed by atoms with Crippen molar-refractivity contribution in [2.75, 3.05) is 25.0 Å². The second-order valence-corrected chi connectivity index (χ2v) is 7.55. The third-order valence-corrected chi connectivity index (χ3v) is 5.31. The monoisotopic (exact) mass is 418 g/mol. The van der Waals surface area contributed by atoms with E-state index in [2.05, 4.69) is 20.6 Å². The van der Waals surface area contributed by atoms with Gasteiger partial charge in [0.2, 0.25) is 5.91 Å². The summed E-state index contributed by atoms with van der Waals surface area (Å²) < 4.78 is 40.0. The lowest BCUT2D eigenvalue weighted by Crippen LogP contribution is -2.42. The summed E-state index contributed by atoms with van der Waals surface area (Å²) in [4.78, 5) is 14.1. The Bertz CT molecular complexity index is 1060. The average Bonchev–Trinajstić information content (AvgIpc) is 3.13. The molecule has 1 aliphatic rings. The highest BCUT2D eigenvalue weighted by Gasteiger charge is 2.41. The molecule has 0 bridgehead atoms. The third-order valence-electron chi connectivity index (χ3n) is 5.31. The van der Waals surface area contributed by atoms with Crippen LogP contribution in [0.1, 0.15) is 12.8 Å². The number of hydrogen-bond acceptors (Lipinski definition) is 5. The van der Waals surface area contributed by atoms with Gasteiger partial charge in [0.15, 0.2) is 5.82 Å². The summed E-state index contributed by atoms with van der Waals surface area (Å²) in [6.07, 6.45) is -0.460.